The average Bonchev–Trinajstić information content (AvgIpc) is 2.91. The Morgan fingerprint density at radius 1 is 1.33 bits per heavy atom. The van der Waals surface area contributed by atoms with E-state index < -0.39 is 29.4 Å². The second-order valence-electron chi connectivity index (χ2n) is 5.36. The number of carbonyl (C=O) groups excluding carboxylic acids is 2. The van der Waals surface area contributed by atoms with Gasteiger partial charge in [0, 0.05) is 25.2 Å². The standard InChI is InChI=1S/C16H13F2N3O3/c17-10-3-4-12(11(18)7-10)21-8-9(6-14(21)23)16(24)20-15-13(22)2-1-5-19-15/h1-5,7,9,22H,6,8H2,(H,19,20,24)/t9-/m0/s1. The van der Waals surface area contributed by atoms with Crippen molar-refractivity contribution < 1.29 is 23.5 Å². The van der Waals surface area contributed by atoms with Crippen LogP contribution in [-0.2, 0) is 9.59 Å². The average molecular weight is 333 g/mol. The summed E-state index contributed by atoms with van der Waals surface area (Å²) in [7, 11) is 0. The van der Waals surface area contributed by atoms with Crippen LogP contribution in [0.2, 0.25) is 0 Å². The number of halogens is 2. The molecule has 0 bridgehead atoms. The van der Waals surface area contributed by atoms with E-state index in [0.29, 0.717) is 6.07 Å². The van der Waals surface area contributed by atoms with Crippen molar-refractivity contribution >= 4 is 23.3 Å². The number of benzene rings is 1. The van der Waals surface area contributed by atoms with Gasteiger partial charge in [0.05, 0.1) is 11.6 Å². The van der Waals surface area contributed by atoms with Crippen LogP contribution >= 0.6 is 0 Å². The third-order valence-corrected chi connectivity index (χ3v) is 3.72. The molecule has 6 nitrogen and oxygen atoms in total. The second kappa shape index (κ2) is 6.23. The smallest absolute Gasteiger partial charge is 0.231 e. The first-order valence-corrected chi connectivity index (χ1v) is 7.16. The monoisotopic (exact) mass is 333 g/mol. The molecule has 2 heterocycles. The molecule has 8 heteroatoms. The molecule has 0 spiro atoms. The number of anilines is 2. The zero-order valence-corrected chi connectivity index (χ0v) is 12.4. The van der Waals surface area contributed by atoms with Crippen molar-refractivity contribution in [1.29, 1.82) is 0 Å². The second-order valence-corrected chi connectivity index (χ2v) is 5.36. The van der Waals surface area contributed by atoms with Gasteiger partial charge in [-0.15, -0.1) is 0 Å². The van der Waals surface area contributed by atoms with Crippen LogP contribution in [0.25, 0.3) is 0 Å². The minimum atomic E-state index is -0.869. The molecule has 2 amide bonds. The Balaban J connectivity index is 1.74. The zero-order chi connectivity index (χ0) is 17.3. The van der Waals surface area contributed by atoms with E-state index in [-0.39, 0.29) is 30.2 Å². The molecule has 1 aromatic heterocycles. The maximum Gasteiger partial charge on any atom is 0.231 e. The third-order valence-electron chi connectivity index (χ3n) is 3.72. The van der Waals surface area contributed by atoms with Crippen LogP contribution in [0.3, 0.4) is 0 Å². The van der Waals surface area contributed by atoms with E-state index in [9.17, 15) is 23.5 Å². The fourth-order valence-corrected chi connectivity index (χ4v) is 2.53. The molecule has 0 unspecified atom stereocenters. The highest BCUT2D eigenvalue weighted by molar-refractivity contribution is 6.03. The van der Waals surface area contributed by atoms with Gasteiger partial charge < -0.3 is 15.3 Å². The van der Waals surface area contributed by atoms with Gasteiger partial charge in [-0.3, -0.25) is 9.59 Å². The van der Waals surface area contributed by atoms with Crippen LogP contribution in [0.1, 0.15) is 6.42 Å². The Hall–Kier alpha value is -3.03. The van der Waals surface area contributed by atoms with E-state index in [4.69, 9.17) is 0 Å². The number of carbonyl (C=O) groups is 2. The number of hydrogen-bond donors (Lipinski definition) is 2. The molecule has 2 N–H and O–H groups in total. The molecule has 0 saturated carbocycles. The number of nitrogens with zero attached hydrogens (tertiary/aromatic N) is 2. The van der Waals surface area contributed by atoms with Gasteiger partial charge in [-0.05, 0) is 24.3 Å². The first kappa shape index (κ1) is 15.9. The van der Waals surface area contributed by atoms with Crippen LogP contribution in [-0.4, -0.2) is 28.4 Å². The van der Waals surface area contributed by atoms with Crippen molar-refractivity contribution in [3.63, 3.8) is 0 Å². The molecule has 1 aliphatic heterocycles. The Bertz CT molecular complexity index is 813. The molecule has 1 atom stereocenters. The van der Waals surface area contributed by atoms with Crippen LogP contribution in [0.5, 0.6) is 5.75 Å². The van der Waals surface area contributed by atoms with Crippen molar-refractivity contribution in [3.8, 4) is 5.75 Å². The molecule has 24 heavy (non-hydrogen) atoms. The lowest BCUT2D eigenvalue weighted by atomic mass is 10.1. The van der Waals surface area contributed by atoms with Crippen molar-refractivity contribution in [3.05, 3.63) is 48.2 Å². The summed E-state index contributed by atoms with van der Waals surface area (Å²) in [5.74, 6) is -3.51. The number of pyridine rings is 1. The van der Waals surface area contributed by atoms with Gasteiger partial charge in [0.25, 0.3) is 0 Å². The molecule has 0 radical (unpaired) electrons. The van der Waals surface area contributed by atoms with E-state index in [0.717, 1.165) is 17.0 Å². The van der Waals surface area contributed by atoms with Crippen LogP contribution in [0, 0.1) is 17.6 Å². The first-order chi connectivity index (χ1) is 11.5. The highest BCUT2D eigenvalue weighted by Gasteiger charge is 2.36. The predicted octanol–water partition coefficient (Wildman–Crippen LogP) is 2.06. The normalized spacial score (nSPS) is 17.2. The molecular formula is C16H13F2N3O3. The van der Waals surface area contributed by atoms with Gasteiger partial charge in [-0.2, -0.15) is 0 Å². The lowest BCUT2D eigenvalue weighted by molar-refractivity contribution is -0.122. The van der Waals surface area contributed by atoms with Crippen LogP contribution < -0.4 is 10.2 Å². The topological polar surface area (TPSA) is 82.5 Å². The summed E-state index contributed by atoms with van der Waals surface area (Å²) in [5, 5.41) is 12.0. The van der Waals surface area contributed by atoms with Gasteiger partial charge in [0.2, 0.25) is 11.8 Å². The Morgan fingerprint density at radius 3 is 2.83 bits per heavy atom. The van der Waals surface area contributed by atoms with E-state index >= 15 is 0 Å². The molecule has 1 aromatic carbocycles. The molecular weight excluding hydrogens is 320 g/mol. The van der Waals surface area contributed by atoms with Gasteiger partial charge in [-0.25, -0.2) is 13.8 Å². The van der Waals surface area contributed by atoms with Gasteiger partial charge in [-0.1, -0.05) is 0 Å². The van der Waals surface area contributed by atoms with Crippen LogP contribution in [0.4, 0.5) is 20.3 Å². The highest BCUT2D eigenvalue weighted by atomic mass is 19.1. The minimum Gasteiger partial charge on any atom is -0.504 e. The van der Waals surface area contributed by atoms with Crippen molar-refractivity contribution in [2.45, 2.75) is 6.42 Å². The predicted molar refractivity (Wildman–Crippen MR) is 81.3 cm³/mol. The zero-order valence-electron chi connectivity index (χ0n) is 12.4. The van der Waals surface area contributed by atoms with Crippen molar-refractivity contribution in [1.82, 2.24) is 4.98 Å². The Kier molecular flexibility index (Phi) is 4.11. The van der Waals surface area contributed by atoms with E-state index in [2.05, 4.69) is 10.3 Å². The van der Waals surface area contributed by atoms with Crippen molar-refractivity contribution in [2.75, 3.05) is 16.8 Å². The molecule has 3 rings (SSSR count). The fraction of sp³-hybridized carbons (Fsp3) is 0.188. The third kappa shape index (κ3) is 3.03. The van der Waals surface area contributed by atoms with Gasteiger partial charge in [0.1, 0.15) is 11.6 Å². The fourth-order valence-electron chi connectivity index (χ4n) is 2.53. The van der Waals surface area contributed by atoms with Gasteiger partial charge >= 0.3 is 0 Å². The van der Waals surface area contributed by atoms with E-state index in [1.165, 1.54) is 18.3 Å². The maximum absolute atomic E-state index is 13.8. The summed E-state index contributed by atoms with van der Waals surface area (Å²) in [6.45, 7) is -0.0409. The largest absolute Gasteiger partial charge is 0.504 e. The molecule has 124 valence electrons. The summed E-state index contributed by atoms with van der Waals surface area (Å²) in [4.78, 5) is 29.2. The number of aromatic hydroxyl groups is 1. The molecule has 1 aliphatic rings. The maximum atomic E-state index is 13.8. The highest BCUT2D eigenvalue weighted by Crippen LogP contribution is 2.29. The first-order valence-electron chi connectivity index (χ1n) is 7.16. The number of aromatic nitrogens is 1. The van der Waals surface area contributed by atoms with Crippen LogP contribution in [0.15, 0.2) is 36.5 Å². The quantitative estimate of drug-likeness (QED) is 0.901. The number of amides is 2. The Labute approximate surface area is 135 Å². The summed E-state index contributed by atoms with van der Waals surface area (Å²) in [6.07, 6.45) is 1.28. The molecule has 0 aliphatic carbocycles. The Morgan fingerprint density at radius 2 is 2.12 bits per heavy atom. The number of rotatable bonds is 3. The molecule has 1 fully saturated rings. The number of hydrogen-bond acceptors (Lipinski definition) is 4. The number of nitrogens with one attached hydrogen (secondary N) is 1. The van der Waals surface area contributed by atoms with Crippen molar-refractivity contribution in [2.24, 2.45) is 5.92 Å². The summed E-state index contributed by atoms with van der Waals surface area (Å²) < 4.78 is 26.8. The minimum absolute atomic E-state index is 0.0126. The van der Waals surface area contributed by atoms with E-state index in [1.54, 1.807) is 0 Å². The SMILES string of the molecule is O=C(Nc1ncccc1O)[C@H]1CC(=O)N(c2ccc(F)cc2F)C1. The lowest BCUT2D eigenvalue weighted by Gasteiger charge is -2.17. The summed E-state index contributed by atoms with van der Waals surface area (Å²) in [6, 6.07) is 5.76. The van der Waals surface area contributed by atoms with E-state index in [1.807, 2.05) is 0 Å². The van der Waals surface area contributed by atoms with Gasteiger partial charge in [0.15, 0.2) is 11.6 Å². The summed E-state index contributed by atoms with van der Waals surface area (Å²) >= 11 is 0. The summed E-state index contributed by atoms with van der Waals surface area (Å²) in [5.41, 5.74) is -0.0719. The molecule has 2 aromatic rings. The molecule has 1 saturated heterocycles. The lowest BCUT2D eigenvalue weighted by Crippen LogP contribution is -2.29.